The van der Waals surface area contributed by atoms with Gasteiger partial charge in [0.2, 0.25) is 5.88 Å². The van der Waals surface area contributed by atoms with Crippen molar-refractivity contribution in [3.05, 3.63) is 48.2 Å². The Bertz CT molecular complexity index is 681. The first-order chi connectivity index (χ1) is 11.3. The number of pyridine rings is 1. The molecule has 0 radical (unpaired) electrons. The molecule has 1 aromatic heterocycles. The average molecular weight is 311 g/mol. The highest BCUT2D eigenvalue weighted by molar-refractivity contribution is 6.07. The second kappa shape index (κ2) is 7.13. The van der Waals surface area contributed by atoms with Gasteiger partial charge in [0.25, 0.3) is 5.91 Å². The van der Waals surface area contributed by atoms with Crippen LogP contribution in [-0.2, 0) is 0 Å². The summed E-state index contributed by atoms with van der Waals surface area (Å²) in [5.74, 6) is 0.166. The summed E-state index contributed by atoms with van der Waals surface area (Å²) < 4.78 is 5.44. The Morgan fingerprint density at radius 2 is 2.00 bits per heavy atom. The van der Waals surface area contributed by atoms with Gasteiger partial charge in [-0.15, -0.1) is 0 Å². The summed E-state index contributed by atoms with van der Waals surface area (Å²) in [5, 5.41) is 3.00. The number of para-hydroxylation sites is 2. The quantitative estimate of drug-likeness (QED) is 0.920. The Balaban J connectivity index is 1.83. The van der Waals surface area contributed by atoms with Crippen LogP contribution >= 0.6 is 0 Å². The first kappa shape index (κ1) is 15.3. The lowest BCUT2D eigenvalue weighted by atomic mass is 10.2. The summed E-state index contributed by atoms with van der Waals surface area (Å²) in [7, 11) is 0. The summed E-state index contributed by atoms with van der Waals surface area (Å²) in [6.07, 6.45) is 4.01. The normalized spacial score (nSPS) is 13.9. The molecule has 5 heteroatoms. The molecule has 0 unspecified atom stereocenters. The number of nitrogens with one attached hydrogen (secondary N) is 1. The van der Waals surface area contributed by atoms with E-state index in [4.69, 9.17) is 4.74 Å². The molecule has 1 amide bonds. The van der Waals surface area contributed by atoms with E-state index in [0.29, 0.717) is 18.1 Å². The van der Waals surface area contributed by atoms with Crippen molar-refractivity contribution in [1.29, 1.82) is 0 Å². The fraction of sp³-hybridized carbons (Fsp3) is 0.333. The third-order valence-electron chi connectivity index (χ3n) is 3.90. The van der Waals surface area contributed by atoms with E-state index in [-0.39, 0.29) is 5.91 Å². The lowest BCUT2D eigenvalue weighted by Gasteiger charge is -2.21. The van der Waals surface area contributed by atoms with Gasteiger partial charge >= 0.3 is 0 Å². The molecule has 1 N–H and O–H groups in total. The van der Waals surface area contributed by atoms with Crippen molar-refractivity contribution in [2.45, 2.75) is 19.8 Å². The van der Waals surface area contributed by atoms with Crippen molar-refractivity contribution in [3.8, 4) is 5.88 Å². The zero-order valence-electron chi connectivity index (χ0n) is 13.3. The molecule has 3 rings (SSSR count). The van der Waals surface area contributed by atoms with Gasteiger partial charge in [-0.25, -0.2) is 4.98 Å². The fourth-order valence-electron chi connectivity index (χ4n) is 2.82. The summed E-state index contributed by atoms with van der Waals surface area (Å²) in [6.45, 7) is 4.41. The Morgan fingerprint density at radius 1 is 1.22 bits per heavy atom. The zero-order chi connectivity index (χ0) is 16.1. The van der Waals surface area contributed by atoms with E-state index in [0.717, 1.165) is 24.5 Å². The predicted molar refractivity (Wildman–Crippen MR) is 91.2 cm³/mol. The van der Waals surface area contributed by atoms with Crippen LogP contribution in [0, 0.1) is 0 Å². The lowest BCUT2D eigenvalue weighted by Crippen LogP contribution is -2.21. The number of benzene rings is 1. The minimum atomic E-state index is -0.201. The van der Waals surface area contributed by atoms with Gasteiger partial charge in [-0.3, -0.25) is 4.79 Å². The maximum Gasteiger partial charge on any atom is 0.261 e. The molecule has 1 saturated heterocycles. The number of aromatic nitrogens is 1. The van der Waals surface area contributed by atoms with Gasteiger partial charge in [-0.05, 0) is 44.0 Å². The minimum absolute atomic E-state index is 0.201. The SMILES string of the molecule is CCOc1ncccc1C(=O)Nc1ccccc1N1CCCC1. The van der Waals surface area contributed by atoms with Crippen molar-refractivity contribution in [3.63, 3.8) is 0 Å². The van der Waals surface area contributed by atoms with E-state index < -0.39 is 0 Å². The van der Waals surface area contributed by atoms with Gasteiger partial charge in [-0.1, -0.05) is 12.1 Å². The first-order valence-corrected chi connectivity index (χ1v) is 8.02. The zero-order valence-corrected chi connectivity index (χ0v) is 13.3. The highest BCUT2D eigenvalue weighted by atomic mass is 16.5. The first-order valence-electron chi connectivity index (χ1n) is 8.02. The molecule has 120 valence electrons. The second-order valence-corrected chi connectivity index (χ2v) is 5.45. The molecule has 2 heterocycles. The van der Waals surface area contributed by atoms with Crippen molar-refractivity contribution in [2.75, 3.05) is 29.9 Å². The molecule has 0 aliphatic carbocycles. The van der Waals surface area contributed by atoms with E-state index in [9.17, 15) is 4.79 Å². The number of carbonyl (C=O) groups excluding carboxylic acids is 1. The maximum absolute atomic E-state index is 12.6. The Hall–Kier alpha value is -2.56. The molecule has 2 aromatic rings. The van der Waals surface area contributed by atoms with Crippen molar-refractivity contribution >= 4 is 17.3 Å². The molecule has 1 aliphatic rings. The van der Waals surface area contributed by atoms with E-state index in [1.807, 2.05) is 31.2 Å². The second-order valence-electron chi connectivity index (χ2n) is 5.45. The summed E-state index contributed by atoms with van der Waals surface area (Å²) in [6, 6.07) is 11.4. The highest BCUT2D eigenvalue weighted by Crippen LogP contribution is 2.29. The smallest absolute Gasteiger partial charge is 0.261 e. The largest absolute Gasteiger partial charge is 0.477 e. The number of hydrogen-bond acceptors (Lipinski definition) is 4. The number of anilines is 2. The van der Waals surface area contributed by atoms with E-state index in [1.54, 1.807) is 18.3 Å². The summed E-state index contributed by atoms with van der Waals surface area (Å²) in [4.78, 5) is 19.1. The van der Waals surface area contributed by atoms with Gasteiger partial charge in [0.05, 0.1) is 18.0 Å². The van der Waals surface area contributed by atoms with Crippen molar-refractivity contribution < 1.29 is 9.53 Å². The lowest BCUT2D eigenvalue weighted by molar-refractivity contribution is 0.102. The Labute approximate surface area is 136 Å². The maximum atomic E-state index is 12.6. The highest BCUT2D eigenvalue weighted by Gasteiger charge is 2.18. The van der Waals surface area contributed by atoms with Crippen LogP contribution in [-0.4, -0.2) is 30.6 Å². The van der Waals surface area contributed by atoms with Gasteiger partial charge in [0, 0.05) is 19.3 Å². The van der Waals surface area contributed by atoms with E-state index >= 15 is 0 Å². The van der Waals surface area contributed by atoms with Crippen LogP contribution in [0.25, 0.3) is 0 Å². The van der Waals surface area contributed by atoms with Gasteiger partial charge in [-0.2, -0.15) is 0 Å². The summed E-state index contributed by atoms with van der Waals surface area (Å²) >= 11 is 0. The molecule has 0 bridgehead atoms. The topological polar surface area (TPSA) is 54.5 Å². The summed E-state index contributed by atoms with van der Waals surface area (Å²) in [5.41, 5.74) is 2.34. The molecule has 0 atom stereocenters. The molecule has 23 heavy (non-hydrogen) atoms. The third kappa shape index (κ3) is 3.44. The monoisotopic (exact) mass is 311 g/mol. The molecule has 1 aliphatic heterocycles. The van der Waals surface area contributed by atoms with E-state index in [2.05, 4.69) is 15.2 Å². The number of carbonyl (C=O) groups is 1. The Morgan fingerprint density at radius 3 is 2.78 bits per heavy atom. The number of rotatable bonds is 5. The van der Waals surface area contributed by atoms with Gasteiger partial charge < -0.3 is 15.0 Å². The third-order valence-corrected chi connectivity index (χ3v) is 3.90. The van der Waals surface area contributed by atoms with Crippen LogP contribution in [0.3, 0.4) is 0 Å². The number of amides is 1. The molecular formula is C18H21N3O2. The van der Waals surface area contributed by atoms with Gasteiger partial charge in [0.15, 0.2) is 0 Å². The molecule has 0 spiro atoms. The van der Waals surface area contributed by atoms with Crippen LogP contribution in [0.15, 0.2) is 42.6 Å². The van der Waals surface area contributed by atoms with Crippen LogP contribution in [0.4, 0.5) is 11.4 Å². The average Bonchev–Trinajstić information content (AvgIpc) is 3.10. The molecule has 1 fully saturated rings. The molecule has 1 aromatic carbocycles. The molecule has 0 saturated carbocycles. The molecule has 5 nitrogen and oxygen atoms in total. The predicted octanol–water partition coefficient (Wildman–Crippen LogP) is 3.33. The number of nitrogens with zero attached hydrogens (tertiary/aromatic N) is 2. The Kier molecular flexibility index (Phi) is 4.76. The minimum Gasteiger partial charge on any atom is -0.477 e. The van der Waals surface area contributed by atoms with Crippen LogP contribution in [0.2, 0.25) is 0 Å². The van der Waals surface area contributed by atoms with Gasteiger partial charge in [0.1, 0.15) is 5.56 Å². The van der Waals surface area contributed by atoms with E-state index in [1.165, 1.54) is 12.8 Å². The number of ether oxygens (including phenoxy) is 1. The standard InChI is InChI=1S/C18H21N3O2/c1-2-23-18-14(8-7-11-19-18)17(22)20-15-9-3-4-10-16(15)21-12-5-6-13-21/h3-4,7-11H,2,5-6,12-13H2,1H3,(H,20,22). The van der Waals surface area contributed by atoms with Crippen LogP contribution in [0.1, 0.15) is 30.1 Å². The molecular weight excluding hydrogens is 290 g/mol. The van der Waals surface area contributed by atoms with Crippen molar-refractivity contribution in [2.24, 2.45) is 0 Å². The van der Waals surface area contributed by atoms with Crippen molar-refractivity contribution in [1.82, 2.24) is 4.98 Å². The number of hydrogen-bond donors (Lipinski definition) is 1. The van der Waals surface area contributed by atoms with Crippen LogP contribution < -0.4 is 15.0 Å². The fourth-order valence-corrected chi connectivity index (χ4v) is 2.82. The van der Waals surface area contributed by atoms with Crippen LogP contribution in [0.5, 0.6) is 5.88 Å².